The van der Waals surface area contributed by atoms with E-state index in [0.717, 1.165) is 13.1 Å². The Morgan fingerprint density at radius 2 is 1.88 bits per heavy atom. The standard InChI is InChI=1S/C11H21N3O3/c1-9(12-2)11(17)14-7-5-13(6-8-14)4-3-10(15)16/h9,12H,3-8H2,1-2H3,(H,15,16). The van der Waals surface area contributed by atoms with Crippen LogP contribution in [0, 0.1) is 0 Å². The first kappa shape index (κ1) is 13.9. The molecule has 1 saturated heterocycles. The van der Waals surface area contributed by atoms with Crippen LogP contribution in [0.3, 0.4) is 0 Å². The van der Waals surface area contributed by atoms with Crippen LogP contribution in [-0.4, -0.2) is 72.6 Å². The fraction of sp³-hybridized carbons (Fsp3) is 0.818. The summed E-state index contributed by atoms with van der Waals surface area (Å²) in [5.74, 6) is -0.655. The number of nitrogens with zero attached hydrogens (tertiary/aromatic N) is 2. The van der Waals surface area contributed by atoms with E-state index in [0.29, 0.717) is 19.6 Å². The lowest BCUT2D eigenvalue weighted by Crippen LogP contribution is -2.53. The third kappa shape index (κ3) is 4.32. The maximum absolute atomic E-state index is 11.9. The zero-order chi connectivity index (χ0) is 12.8. The molecule has 0 aromatic heterocycles. The molecular weight excluding hydrogens is 222 g/mol. The summed E-state index contributed by atoms with van der Waals surface area (Å²) in [5.41, 5.74) is 0. The minimum Gasteiger partial charge on any atom is -0.481 e. The highest BCUT2D eigenvalue weighted by atomic mass is 16.4. The smallest absolute Gasteiger partial charge is 0.304 e. The molecule has 0 bridgehead atoms. The lowest BCUT2D eigenvalue weighted by molar-refractivity contribution is -0.138. The lowest BCUT2D eigenvalue weighted by atomic mass is 10.2. The fourth-order valence-electron chi connectivity index (χ4n) is 1.84. The van der Waals surface area contributed by atoms with Gasteiger partial charge in [-0.3, -0.25) is 14.5 Å². The van der Waals surface area contributed by atoms with Gasteiger partial charge in [-0.05, 0) is 14.0 Å². The van der Waals surface area contributed by atoms with Crippen molar-refractivity contribution in [2.24, 2.45) is 0 Å². The Hall–Kier alpha value is -1.14. The Morgan fingerprint density at radius 3 is 2.35 bits per heavy atom. The van der Waals surface area contributed by atoms with E-state index < -0.39 is 5.97 Å². The van der Waals surface area contributed by atoms with Gasteiger partial charge in [0.05, 0.1) is 12.5 Å². The van der Waals surface area contributed by atoms with Gasteiger partial charge in [0.1, 0.15) is 0 Å². The molecule has 1 unspecified atom stereocenters. The highest BCUT2D eigenvalue weighted by Gasteiger charge is 2.23. The molecule has 0 aromatic rings. The Morgan fingerprint density at radius 1 is 1.29 bits per heavy atom. The number of hydrogen-bond donors (Lipinski definition) is 2. The predicted molar refractivity (Wildman–Crippen MR) is 63.8 cm³/mol. The van der Waals surface area contributed by atoms with E-state index in [1.807, 2.05) is 11.8 Å². The van der Waals surface area contributed by atoms with Crippen molar-refractivity contribution in [3.8, 4) is 0 Å². The highest BCUT2D eigenvalue weighted by Crippen LogP contribution is 2.04. The SMILES string of the molecule is CNC(C)C(=O)N1CCN(CCC(=O)O)CC1. The van der Waals surface area contributed by atoms with Crippen LogP contribution in [0.15, 0.2) is 0 Å². The van der Waals surface area contributed by atoms with E-state index in [4.69, 9.17) is 5.11 Å². The number of piperazine rings is 1. The third-order valence-corrected chi connectivity index (χ3v) is 3.13. The molecular formula is C11H21N3O3. The Kier molecular flexibility index (Phi) is 5.37. The van der Waals surface area contributed by atoms with Crippen LogP contribution in [0.4, 0.5) is 0 Å². The van der Waals surface area contributed by atoms with Crippen LogP contribution < -0.4 is 5.32 Å². The number of carbonyl (C=O) groups excluding carboxylic acids is 1. The monoisotopic (exact) mass is 243 g/mol. The fourth-order valence-corrected chi connectivity index (χ4v) is 1.84. The topological polar surface area (TPSA) is 72.9 Å². The molecule has 0 radical (unpaired) electrons. The molecule has 0 spiro atoms. The molecule has 0 saturated carbocycles. The van der Waals surface area contributed by atoms with Gasteiger partial charge in [-0.2, -0.15) is 0 Å². The minimum atomic E-state index is -0.771. The summed E-state index contributed by atoms with van der Waals surface area (Å²) in [5, 5.41) is 11.5. The first-order valence-electron chi connectivity index (χ1n) is 5.94. The number of hydrogen-bond acceptors (Lipinski definition) is 4. The van der Waals surface area contributed by atoms with E-state index in [2.05, 4.69) is 10.2 Å². The molecule has 1 atom stereocenters. The highest BCUT2D eigenvalue weighted by molar-refractivity contribution is 5.81. The summed E-state index contributed by atoms with van der Waals surface area (Å²) >= 11 is 0. The zero-order valence-electron chi connectivity index (χ0n) is 10.5. The van der Waals surface area contributed by atoms with Gasteiger partial charge < -0.3 is 15.3 Å². The van der Waals surface area contributed by atoms with E-state index in [1.165, 1.54) is 0 Å². The largest absolute Gasteiger partial charge is 0.481 e. The Balaban J connectivity index is 2.30. The molecule has 0 aromatic carbocycles. The summed E-state index contributed by atoms with van der Waals surface area (Å²) in [4.78, 5) is 26.2. The molecule has 1 aliphatic rings. The molecule has 0 aliphatic carbocycles. The van der Waals surface area contributed by atoms with Crippen molar-refractivity contribution in [1.82, 2.24) is 15.1 Å². The van der Waals surface area contributed by atoms with Crippen molar-refractivity contribution in [3.05, 3.63) is 0 Å². The molecule has 98 valence electrons. The molecule has 1 heterocycles. The predicted octanol–water partition coefficient (Wildman–Crippen LogP) is -0.787. The molecule has 1 fully saturated rings. The average Bonchev–Trinajstić information content (AvgIpc) is 2.35. The zero-order valence-corrected chi connectivity index (χ0v) is 10.5. The second-order valence-electron chi connectivity index (χ2n) is 4.32. The van der Waals surface area contributed by atoms with Crippen molar-refractivity contribution in [1.29, 1.82) is 0 Å². The number of likely N-dealkylation sites (N-methyl/N-ethyl adjacent to an activating group) is 1. The van der Waals surface area contributed by atoms with Crippen molar-refractivity contribution < 1.29 is 14.7 Å². The number of carboxylic acid groups (broad SMARTS) is 1. The second kappa shape index (κ2) is 6.56. The van der Waals surface area contributed by atoms with E-state index in [9.17, 15) is 9.59 Å². The maximum Gasteiger partial charge on any atom is 0.304 e. The van der Waals surface area contributed by atoms with E-state index >= 15 is 0 Å². The normalized spacial score (nSPS) is 19.1. The van der Waals surface area contributed by atoms with Crippen LogP contribution in [0.5, 0.6) is 0 Å². The Bertz CT molecular complexity index is 275. The van der Waals surface area contributed by atoms with Crippen LogP contribution in [0.25, 0.3) is 0 Å². The summed E-state index contributed by atoms with van der Waals surface area (Å²) in [6, 6.07) is -0.152. The van der Waals surface area contributed by atoms with Gasteiger partial charge in [0.15, 0.2) is 0 Å². The second-order valence-corrected chi connectivity index (χ2v) is 4.32. The number of rotatable bonds is 5. The van der Waals surface area contributed by atoms with E-state index in [-0.39, 0.29) is 18.4 Å². The molecule has 1 amide bonds. The molecule has 17 heavy (non-hydrogen) atoms. The summed E-state index contributed by atoms with van der Waals surface area (Å²) < 4.78 is 0. The first-order valence-corrected chi connectivity index (χ1v) is 5.94. The van der Waals surface area contributed by atoms with Gasteiger partial charge in [-0.1, -0.05) is 0 Å². The van der Waals surface area contributed by atoms with Gasteiger partial charge in [-0.25, -0.2) is 0 Å². The average molecular weight is 243 g/mol. The number of carbonyl (C=O) groups is 2. The number of carboxylic acids is 1. The first-order chi connectivity index (χ1) is 8.04. The van der Waals surface area contributed by atoms with Crippen molar-refractivity contribution >= 4 is 11.9 Å². The van der Waals surface area contributed by atoms with Crippen molar-refractivity contribution in [3.63, 3.8) is 0 Å². The van der Waals surface area contributed by atoms with Crippen LogP contribution in [0.2, 0.25) is 0 Å². The van der Waals surface area contributed by atoms with Gasteiger partial charge in [0.2, 0.25) is 5.91 Å². The third-order valence-electron chi connectivity index (χ3n) is 3.13. The summed E-state index contributed by atoms with van der Waals surface area (Å²) in [7, 11) is 1.77. The molecule has 1 rings (SSSR count). The molecule has 1 aliphatic heterocycles. The molecule has 6 nitrogen and oxygen atoms in total. The summed E-state index contributed by atoms with van der Waals surface area (Å²) in [6.07, 6.45) is 0.168. The number of aliphatic carboxylic acids is 1. The quantitative estimate of drug-likeness (QED) is 0.662. The van der Waals surface area contributed by atoms with Crippen LogP contribution >= 0.6 is 0 Å². The van der Waals surface area contributed by atoms with E-state index in [1.54, 1.807) is 7.05 Å². The van der Waals surface area contributed by atoms with Crippen molar-refractivity contribution in [2.45, 2.75) is 19.4 Å². The van der Waals surface area contributed by atoms with Gasteiger partial charge in [0, 0.05) is 32.7 Å². The molecule has 6 heteroatoms. The molecule has 2 N–H and O–H groups in total. The number of nitrogens with one attached hydrogen (secondary N) is 1. The van der Waals surface area contributed by atoms with Crippen molar-refractivity contribution in [2.75, 3.05) is 39.8 Å². The summed E-state index contributed by atoms with van der Waals surface area (Å²) in [6.45, 7) is 5.30. The van der Waals surface area contributed by atoms with Crippen LogP contribution in [-0.2, 0) is 9.59 Å². The van der Waals surface area contributed by atoms with Gasteiger partial charge in [-0.15, -0.1) is 0 Å². The number of amides is 1. The lowest BCUT2D eigenvalue weighted by Gasteiger charge is -2.35. The maximum atomic E-state index is 11.9. The van der Waals surface area contributed by atoms with Gasteiger partial charge in [0.25, 0.3) is 0 Å². The van der Waals surface area contributed by atoms with Gasteiger partial charge >= 0.3 is 5.97 Å². The Labute approximate surface area is 102 Å². The minimum absolute atomic E-state index is 0.116. The van der Waals surface area contributed by atoms with Crippen LogP contribution in [0.1, 0.15) is 13.3 Å².